The van der Waals surface area contributed by atoms with E-state index in [1.807, 2.05) is 12.1 Å². The molecule has 0 radical (unpaired) electrons. The van der Waals surface area contributed by atoms with Gasteiger partial charge in [-0.3, -0.25) is 0 Å². The predicted octanol–water partition coefficient (Wildman–Crippen LogP) is 5.13. The van der Waals surface area contributed by atoms with Crippen molar-refractivity contribution in [2.75, 3.05) is 0 Å². The molecule has 0 heterocycles. The molecule has 21 heavy (non-hydrogen) atoms. The van der Waals surface area contributed by atoms with Crippen molar-refractivity contribution in [1.82, 2.24) is 0 Å². The summed E-state index contributed by atoms with van der Waals surface area (Å²) in [7, 11) is 0. The molecule has 114 valence electrons. The van der Waals surface area contributed by atoms with E-state index in [0.717, 1.165) is 36.0 Å². The number of rotatable bonds is 0. The molecular weight excluding hydrogens is 256 g/mol. The lowest BCUT2D eigenvalue weighted by molar-refractivity contribution is 0.00998. The highest BCUT2D eigenvalue weighted by atomic mass is 16.3. The summed E-state index contributed by atoms with van der Waals surface area (Å²) in [5.41, 5.74) is 3.56. The minimum atomic E-state index is 0.439. The maximum atomic E-state index is 9.80. The molecule has 0 aromatic heterocycles. The Hall–Kier alpha value is -0.980. The standard InChI is InChI=1S/C20H28O/c1-12-10-14-11-15(21)5-6-16(14)17-8-9-20(3)13(2)4-7-18(20)19(12)17/h5-6,11-13,17-19,21H,4,7-10H2,1-3H3/t12-,13?,17?,18?,19?,20?/m1/s1. The summed E-state index contributed by atoms with van der Waals surface area (Å²) in [6.45, 7) is 7.52. The van der Waals surface area contributed by atoms with Crippen molar-refractivity contribution in [3.63, 3.8) is 0 Å². The molecule has 1 N–H and O–H groups in total. The Morgan fingerprint density at radius 3 is 2.76 bits per heavy atom. The molecule has 0 saturated heterocycles. The molecule has 3 aliphatic rings. The number of fused-ring (bicyclic) bond motifs is 5. The summed E-state index contributed by atoms with van der Waals surface area (Å²) < 4.78 is 0. The van der Waals surface area contributed by atoms with E-state index in [1.54, 1.807) is 5.56 Å². The Morgan fingerprint density at radius 1 is 1.14 bits per heavy atom. The van der Waals surface area contributed by atoms with Gasteiger partial charge in [0.1, 0.15) is 5.75 Å². The molecule has 1 aromatic rings. The first kappa shape index (κ1) is 13.7. The van der Waals surface area contributed by atoms with Crippen molar-refractivity contribution < 1.29 is 5.11 Å². The van der Waals surface area contributed by atoms with Gasteiger partial charge in [0.05, 0.1) is 0 Å². The first-order valence-corrected chi connectivity index (χ1v) is 8.82. The van der Waals surface area contributed by atoms with Crippen LogP contribution in [0.3, 0.4) is 0 Å². The minimum absolute atomic E-state index is 0.439. The molecule has 0 spiro atoms. The third-order valence-corrected chi connectivity index (χ3v) is 7.53. The van der Waals surface area contributed by atoms with Crippen LogP contribution in [0.25, 0.3) is 0 Å². The van der Waals surface area contributed by atoms with Crippen LogP contribution in [-0.4, -0.2) is 5.11 Å². The Kier molecular flexibility index (Phi) is 2.93. The molecule has 1 aromatic carbocycles. The van der Waals surface area contributed by atoms with Crippen LogP contribution in [0, 0.1) is 29.1 Å². The Morgan fingerprint density at radius 2 is 1.95 bits per heavy atom. The smallest absolute Gasteiger partial charge is 0.115 e. The average Bonchev–Trinajstić information content (AvgIpc) is 2.74. The molecule has 2 saturated carbocycles. The molecule has 2 fully saturated rings. The molecule has 0 bridgehead atoms. The molecular formula is C20H28O. The van der Waals surface area contributed by atoms with Crippen LogP contribution in [0.5, 0.6) is 5.75 Å². The molecule has 6 atom stereocenters. The summed E-state index contributed by atoms with van der Waals surface area (Å²) in [5, 5.41) is 9.80. The van der Waals surface area contributed by atoms with Gasteiger partial charge in [-0.1, -0.05) is 26.8 Å². The zero-order valence-electron chi connectivity index (χ0n) is 13.6. The Bertz CT molecular complexity index is 563. The fourth-order valence-electron chi connectivity index (χ4n) is 6.23. The Balaban J connectivity index is 1.76. The summed E-state index contributed by atoms with van der Waals surface area (Å²) in [6, 6.07) is 6.14. The second-order valence-corrected chi connectivity index (χ2v) is 8.38. The third kappa shape index (κ3) is 1.82. The molecule has 1 nitrogen and oxygen atoms in total. The van der Waals surface area contributed by atoms with Gasteiger partial charge >= 0.3 is 0 Å². The highest BCUT2D eigenvalue weighted by molar-refractivity contribution is 5.40. The maximum absolute atomic E-state index is 9.80. The largest absolute Gasteiger partial charge is 0.508 e. The highest BCUT2D eigenvalue weighted by Gasteiger charge is 2.54. The minimum Gasteiger partial charge on any atom is -0.508 e. The Labute approximate surface area is 128 Å². The number of phenols is 1. The lowest BCUT2D eigenvalue weighted by atomic mass is 9.52. The van der Waals surface area contributed by atoms with Gasteiger partial charge in [-0.25, -0.2) is 0 Å². The molecule has 4 rings (SSSR count). The first-order valence-electron chi connectivity index (χ1n) is 8.82. The summed E-state index contributed by atoms with van der Waals surface area (Å²) in [4.78, 5) is 0. The molecule has 0 amide bonds. The molecule has 3 aliphatic carbocycles. The quantitative estimate of drug-likeness (QED) is 0.700. The predicted molar refractivity (Wildman–Crippen MR) is 86.4 cm³/mol. The zero-order chi connectivity index (χ0) is 14.8. The van der Waals surface area contributed by atoms with Gasteiger partial charge < -0.3 is 5.11 Å². The topological polar surface area (TPSA) is 20.2 Å². The normalized spacial score (nSPS) is 44.8. The van der Waals surface area contributed by atoms with Crippen molar-refractivity contribution >= 4 is 0 Å². The van der Waals surface area contributed by atoms with Crippen molar-refractivity contribution in [2.45, 2.75) is 58.8 Å². The molecule has 1 heteroatoms. The number of phenolic OH excluding ortho intramolecular Hbond substituents is 1. The van der Waals surface area contributed by atoms with Gasteiger partial charge in [0, 0.05) is 0 Å². The highest BCUT2D eigenvalue weighted by Crippen LogP contribution is 2.63. The monoisotopic (exact) mass is 284 g/mol. The van der Waals surface area contributed by atoms with Crippen LogP contribution in [0.2, 0.25) is 0 Å². The van der Waals surface area contributed by atoms with Gasteiger partial charge in [-0.05, 0) is 90.4 Å². The van der Waals surface area contributed by atoms with E-state index in [4.69, 9.17) is 0 Å². The summed E-state index contributed by atoms with van der Waals surface area (Å²) >= 11 is 0. The van der Waals surface area contributed by atoms with Crippen LogP contribution < -0.4 is 0 Å². The fourth-order valence-corrected chi connectivity index (χ4v) is 6.23. The number of aromatic hydroxyl groups is 1. The van der Waals surface area contributed by atoms with E-state index in [-0.39, 0.29) is 0 Å². The van der Waals surface area contributed by atoms with E-state index in [2.05, 4.69) is 26.8 Å². The SMILES string of the molecule is CC1CCC2C3C(CCC12C)c1ccc(O)cc1C[C@H]3C. The second-order valence-electron chi connectivity index (χ2n) is 8.38. The van der Waals surface area contributed by atoms with Crippen LogP contribution in [0.4, 0.5) is 0 Å². The van der Waals surface area contributed by atoms with Gasteiger partial charge in [0.15, 0.2) is 0 Å². The lowest BCUT2D eigenvalue weighted by Gasteiger charge is -2.53. The molecule has 0 aliphatic heterocycles. The van der Waals surface area contributed by atoms with Crippen molar-refractivity contribution in [1.29, 1.82) is 0 Å². The van der Waals surface area contributed by atoms with Crippen LogP contribution in [0.1, 0.15) is 63.5 Å². The van der Waals surface area contributed by atoms with Crippen LogP contribution in [0.15, 0.2) is 18.2 Å². The summed E-state index contributed by atoms with van der Waals surface area (Å²) in [6.07, 6.45) is 6.78. The number of benzene rings is 1. The van der Waals surface area contributed by atoms with Gasteiger partial charge in [-0.2, -0.15) is 0 Å². The first-order chi connectivity index (χ1) is 10.0. The van der Waals surface area contributed by atoms with E-state index < -0.39 is 0 Å². The number of hydrogen-bond donors (Lipinski definition) is 1. The third-order valence-electron chi connectivity index (χ3n) is 7.53. The second kappa shape index (κ2) is 4.51. The maximum Gasteiger partial charge on any atom is 0.115 e. The van der Waals surface area contributed by atoms with E-state index in [0.29, 0.717) is 11.2 Å². The van der Waals surface area contributed by atoms with Crippen molar-refractivity contribution in [2.24, 2.45) is 29.1 Å². The molecule has 5 unspecified atom stereocenters. The lowest BCUT2D eigenvalue weighted by Crippen LogP contribution is -2.44. The van der Waals surface area contributed by atoms with Gasteiger partial charge in [0.2, 0.25) is 0 Å². The van der Waals surface area contributed by atoms with E-state index >= 15 is 0 Å². The fraction of sp³-hybridized carbons (Fsp3) is 0.700. The van der Waals surface area contributed by atoms with E-state index in [1.165, 1.54) is 31.2 Å². The van der Waals surface area contributed by atoms with Crippen LogP contribution in [-0.2, 0) is 6.42 Å². The average molecular weight is 284 g/mol. The van der Waals surface area contributed by atoms with Crippen molar-refractivity contribution in [3.8, 4) is 5.75 Å². The summed E-state index contributed by atoms with van der Waals surface area (Å²) in [5.74, 6) is 4.63. The van der Waals surface area contributed by atoms with Gasteiger partial charge in [-0.15, -0.1) is 0 Å². The zero-order valence-corrected chi connectivity index (χ0v) is 13.6. The van der Waals surface area contributed by atoms with Crippen molar-refractivity contribution in [3.05, 3.63) is 29.3 Å². The van der Waals surface area contributed by atoms with Gasteiger partial charge in [0.25, 0.3) is 0 Å². The van der Waals surface area contributed by atoms with Crippen LogP contribution >= 0.6 is 0 Å². The number of hydrogen-bond acceptors (Lipinski definition) is 1. The van der Waals surface area contributed by atoms with E-state index in [9.17, 15) is 5.11 Å².